The second-order valence-corrected chi connectivity index (χ2v) is 6.91. The maximum Gasteiger partial charge on any atom is 0.225 e. The van der Waals surface area contributed by atoms with E-state index in [-0.39, 0.29) is 17.7 Å². The van der Waals surface area contributed by atoms with E-state index >= 15 is 0 Å². The minimum Gasteiger partial charge on any atom is -0.355 e. The van der Waals surface area contributed by atoms with Crippen LogP contribution in [0.15, 0.2) is 48.5 Å². The van der Waals surface area contributed by atoms with Crippen LogP contribution in [0, 0.1) is 5.92 Å². The normalized spacial score (nSPS) is 20.1. The molecule has 1 saturated heterocycles. The summed E-state index contributed by atoms with van der Waals surface area (Å²) in [5, 5.41) is 7.59. The van der Waals surface area contributed by atoms with Crippen LogP contribution in [0.4, 0.5) is 0 Å². The summed E-state index contributed by atoms with van der Waals surface area (Å²) in [5.74, 6) is 0.0397. The predicted molar refractivity (Wildman–Crippen MR) is 98.7 cm³/mol. The number of hydrogen-bond acceptors (Lipinski definition) is 2. The Morgan fingerprint density at radius 3 is 2.67 bits per heavy atom. The van der Waals surface area contributed by atoms with Crippen molar-refractivity contribution in [2.75, 3.05) is 19.6 Å². The maximum atomic E-state index is 12.6. The van der Waals surface area contributed by atoms with E-state index in [1.165, 1.54) is 5.56 Å². The van der Waals surface area contributed by atoms with E-state index in [2.05, 4.69) is 22.8 Å². The van der Waals surface area contributed by atoms with Crippen molar-refractivity contribution >= 4 is 29.1 Å². The highest BCUT2D eigenvalue weighted by Crippen LogP contribution is 2.34. The monoisotopic (exact) mass is 362 g/mol. The van der Waals surface area contributed by atoms with Gasteiger partial charge in [0.1, 0.15) is 0 Å². The highest BCUT2D eigenvalue weighted by molar-refractivity contribution is 6.35. The number of hydrogen-bond donors (Lipinski definition) is 2. The molecule has 126 valence electrons. The van der Waals surface area contributed by atoms with Crippen LogP contribution < -0.4 is 10.6 Å². The van der Waals surface area contributed by atoms with Gasteiger partial charge in [-0.15, -0.1) is 0 Å². The fourth-order valence-corrected chi connectivity index (χ4v) is 3.74. The highest BCUT2D eigenvalue weighted by Gasteiger charge is 2.34. The molecule has 2 atom stereocenters. The second-order valence-electron chi connectivity index (χ2n) is 6.06. The van der Waals surface area contributed by atoms with E-state index in [1.807, 2.05) is 30.3 Å². The Kier molecular flexibility index (Phi) is 5.77. The average molecular weight is 363 g/mol. The zero-order valence-electron chi connectivity index (χ0n) is 13.3. The average Bonchev–Trinajstić information content (AvgIpc) is 3.05. The van der Waals surface area contributed by atoms with Gasteiger partial charge >= 0.3 is 0 Å². The van der Waals surface area contributed by atoms with Gasteiger partial charge in [0.05, 0.1) is 5.92 Å². The zero-order valence-corrected chi connectivity index (χ0v) is 14.8. The van der Waals surface area contributed by atoms with Gasteiger partial charge in [-0.3, -0.25) is 4.79 Å². The Morgan fingerprint density at radius 2 is 1.92 bits per heavy atom. The van der Waals surface area contributed by atoms with Gasteiger partial charge in [-0.2, -0.15) is 0 Å². The Balaban J connectivity index is 1.61. The lowest BCUT2D eigenvalue weighted by molar-refractivity contribution is -0.124. The number of amides is 1. The molecule has 0 saturated carbocycles. The maximum absolute atomic E-state index is 12.6. The van der Waals surface area contributed by atoms with E-state index in [0.717, 1.165) is 18.5 Å². The molecule has 0 radical (unpaired) electrons. The van der Waals surface area contributed by atoms with Crippen molar-refractivity contribution in [3.8, 4) is 0 Å². The molecule has 2 aromatic carbocycles. The van der Waals surface area contributed by atoms with Gasteiger partial charge in [-0.05, 0) is 29.7 Å². The van der Waals surface area contributed by atoms with Gasteiger partial charge in [-0.1, -0.05) is 59.6 Å². The van der Waals surface area contributed by atoms with E-state index in [0.29, 0.717) is 23.1 Å². The lowest BCUT2D eigenvalue weighted by atomic mass is 9.88. The fraction of sp³-hybridized carbons (Fsp3) is 0.316. The van der Waals surface area contributed by atoms with Crippen LogP contribution in [0.2, 0.25) is 10.0 Å². The topological polar surface area (TPSA) is 41.1 Å². The largest absolute Gasteiger partial charge is 0.355 e. The van der Waals surface area contributed by atoms with Gasteiger partial charge in [0.25, 0.3) is 0 Å². The first kappa shape index (κ1) is 17.3. The lowest BCUT2D eigenvalue weighted by Gasteiger charge is -2.20. The number of carbonyl (C=O) groups is 1. The first-order valence-corrected chi connectivity index (χ1v) is 8.88. The van der Waals surface area contributed by atoms with Crippen LogP contribution in [-0.2, 0) is 11.2 Å². The van der Waals surface area contributed by atoms with Crippen molar-refractivity contribution in [1.29, 1.82) is 0 Å². The van der Waals surface area contributed by atoms with E-state index in [1.54, 1.807) is 6.07 Å². The fourth-order valence-electron chi connectivity index (χ4n) is 3.19. The standard InChI is InChI=1S/C19H20Cl2N2O/c20-14-6-7-15(18(21)10-14)16-11-22-12-17(16)19(24)23-9-8-13-4-2-1-3-5-13/h1-7,10,16-17,22H,8-9,11-12H2,(H,23,24)/t16-,17+/m0/s1. The van der Waals surface area contributed by atoms with Crippen LogP contribution in [0.1, 0.15) is 17.0 Å². The molecule has 1 amide bonds. The van der Waals surface area contributed by atoms with Crippen LogP contribution in [0.3, 0.4) is 0 Å². The predicted octanol–water partition coefficient (Wildman–Crippen LogP) is 3.66. The van der Waals surface area contributed by atoms with E-state index < -0.39 is 0 Å². The molecule has 2 aromatic rings. The Morgan fingerprint density at radius 1 is 1.12 bits per heavy atom. The van der Waals surface area contributed by atoms with Crippen molar-refractivity contribution in [1.82, 2.24) is 10.6 Å². The molecule has 1 heterocycles. The van der Waals surface area contributed by atoms with Crippen LogP contribution in [-0.4, -0.2) is 25.5 Å². The first-order valence-electron chi connectivity index (χ1n) is 8.12. The van der Waals surface area contributed by atoms with Gasteiger partial charge in [-0.25, -0.2) is 0 Å². The molecule has 3 nitrogen and oxygen atoms in total. The van der Waals surface area contributed by atoms with Crippen molar-refractivity contribution in [3.63, 3.8) is 0 Å². The summed E-state index contributed by atoms with van der Waals surface area (Å²) < 4.78 is 0. The third-order valence-corrected chi connectivity index (χ3v) is 5.03. The van der Waals surface area contributed by atoms with Gasteiger partial charge in [0.2, 0.25) is 5.91 Å². The minimum atomic E-state index is -0.112. The Labute approximate surface area is 152 Å². The van der Waals surface area contributed by atoms with Gasteiger partial charge in [0, 0.05) is 35.6 Å². The second kappa shape index (κ2) is 8.02. The van der Waals surface area contributed by atoms with E-state index in [9.17, 15) is 4.79 Å². The van der Waals surface area contributed by atoms with Crippen LogP contribution >= 0.6 is 23.2 Å². The summed E-state index contributed by atoms with van der Waals surface area (Å²) in [6.45, 7) is 2.05. The van der Waals surface area contributed by atoms with Crippen LogP contribution in [0.25, 0.3) is 0 Å². The molecule has 0 spiro atoms. The summed E-state index contributed by atoms with van der Waals surface area (Å²) in [6, 6.07) is 15.6. The minimum absolute atomic E-state index is 0.0755. The summed E-state index contributed by atoms with van der Waals surface area (Å²) in [6.07, 6.45) is 0.832. The number of rotatable bonds is 5. The molecule has 3 rings (SSSR count). The van der Waals surface area contributed by atoms with Crippen molar-refractivity contribution in [2.45, 2.75) is 12.3 Å². The molecule has 0 bridgehead atoms. The Hall–Kier alpha value is -1.55. The van der Waals surface area contributed by atoms with E-state index in [4.69, 9.17) is 23.2 Å². The number of carbonyl (C=O) groups excluding carboxylic acids is 1. The molecule has 0 unspecified atom stereocenters. The van der Waals surface area contributed by atoms with Gasteiger partial charge in [0.15, 0.2) is 0 Å². The number of nitrogens with one attached hydrogen (secondary N) is 2. The zero-order chi connectivity index (χ0) is 16.9. The molecule has 2 N–H and O–H groups in total. The molecule has 24 heavy (non-hydrogen) atoms. The summed E-state index contributed by atoms with van der Waals surface area (Å²) >= 11 is 12.3. The number of benzene rings is 2. The Bertz CT molecular complexity index is 706. The molecule has 0 aromatic heterocycles. The third-order valence-electron chi connectivity index (χ3n) is 4.47. The molecule has 1 fully saturated rings. The summed E-state index contributed by atoms with van der Waals surface area (Å²) in [5.41, 5.74) is 2.20. The van der Waals surface area contributed by atoms with Gasteiger partial charge < -0.3 is 10.6 Å². The summed E-state index contributed by atoms with van der Waals surface area (Å²) in [4.78, 5) is 12.6. The molecular formula is C19H20Cl2N2O. The first-order chi connectivity index (χ1) is 11.6. The smallest absolute Gasteiger partial charge is 0.225 e. The molecule has 1 aliphatic heterocycles. The summed E-state index contributed by atoms with van der Waals surface area (Å²) in [7, 11) is 0. The lowest BCUT2D eigenvalue weighted by Crippen LogP contribution is -2.35. The van der Waals surface area contributed by atoms with Crippen molar-refractivity contribution in [3.05, 3.63) is 69.7 Å². The molecule has 1 aliphatic rings. The van der Waals surface area contributed by atoms with Crippen molar-refractivity contribution < 1.29 is 4.79 Å². The molecule has 0 aliphatic carbocycles. The SMILES string of the molecule is O=C(NCCc1ccccc1)[C@@H]1CNC[C@H]1c1ccc(Cl)cc1Cl. The van der Waals surface area contributed by atoms with Crippen LogP contribution in [0.5, 0.6) is 0 Å². The molecular weight excluding hydrogens is 343 g/mol. The highest BCUT2D eigenvalue weighted by atomic mass is 35.5. The quantitative estimate of drug-likeness (QED) is 0.851. The van der Waals surface area contributed by atoms with Crippen molar-refractivity contribution in [2.24, 2.45) is 5.92 Å². The molecule has 5 heteroatoms. The number of halogens is 2. The third kappa shape index (κ3) is 4.10.